The van der Waals surface area contributed by atoms with E-state index in [0.29, 0.717) is 92.5 Å². The van der Waals surface area contributed by atoms with Gasteiger partial charge in [-0.1, -0.05) is 35.9 Å². The Bertz CT molecular complexity index is 972. The molecule has 0 saturated carbocycles. The van der Waals surface area contributed by atoms with Crippen molar-refractivity contribution in [3.05, 3.63) is 60.2 Å². The average Bonchev–Trinajstić information content (AvgIpc) is 2.98. The summed E-state index contributed by atoms with van der Waals surface area (Å²) in [7, 11) is -3.77. The zero-order chi connectivity index (χ0) is 29.3. The molecule has 0 bridgehead atoms. The Labute approximate surface area is 244 Å². The van der Waals surface area contributed by atoms with E-state index in [-0.39, 0.29) is 18.1 Å². The summed E-state index contributed by atoms with van der Waals surface area (Å²) in [5.74, 6) is 0.835. The number of rotatable bonds is 27. The SMILES string of the molecule is Cc1ccc(S(=O)(=O)OCCOCCOCCOCCOCCOCCOCCOCCOc2ccccc2)cc1. The Morgan fingerprint density at radius 1 is 0.463 bits per heavy atom. The lowest BCUT2D eigenvalue weighted by molar-refractivity contribution is -0.0218. The van der Waals surface area contributed by atoms with E-state index < -0.39 is 10.1 Å². The fourth-order valence-corrected chi connectivity index (χ4v) is 4.03. The lowest BCUT2D eigenvalue weighted by Crippen LogP contribution is -2.15. The van der Waals surface area contributed by atoms with Crippen LogP contribution in [0.25, 0.3) is 0 Å². The summed E-state index contributed by atoms with van der Waals surface area (Å²) in [6.45, 7) is 8.52. The van der Waals surface area contributed by atoms with Crippen molar-refractivity contribution in [1.29, 1.82) is 0 Å². The maximum absolute atomic E-state index is 12.1. The van der Waals surface area contributed by atoms with Crippen molar-refractivity contribution in [3.63, 3.8) is 0 Å². The summed E-state index contributed by atoms with van der Waals surface area (Å²) >= 11 is 0. The van der Waals surface area contributed by atoms with Crippen LogP contribution in [0.2, 0.25) is 0 Å². The van der Waals surface area contributed by atoms with Gasteiger partial charge in [0.05, 0.1) is 104 Å². The van der Waals surface area contributed by atoms with Crippen molar-refractivity contribution in [1.82, 2.24) is 0 Å². The molecule has 0 aliphatic rings. The molecule has 0 fully saturated rings. The molecule has 2 aromatic carbocycles. The van der Waals surface area contributed by atoms with Crippen molar-refractivity contribution in [2.45, 2.75) is 11.8 Å². The van der Waals surface area contributed by atoms with Crippen molar-refractivity contribution < 1.29 is 50.5 Å². The Hall–Kier alpha value is -2.13. The van der Waals surface area contributed by atoms with Gasteiger partial charge in [0.15, 0.2) is 0 Å². The second kappa shape index (κ2) is 23.4. The van der Waals surface area contributed by atoms with E-state index in [0.717, 1.165) is 11.3 Å². The molecule has 0 atom stereocenters. The minimum Gasteiger partial charge on any atom is -0.491 e. The molecule has 0 N–H and O–H groups in total. The average molecular weight is 601 g/mol. The van der Waals surface area contributed by atoms with Crippen LogP contribution in [-0.2, 0) is 47.5 Å². The van der Waals surface area contributed by atoms with Gasteiger partial charge in [-0.3, -0.25) is 4.18 Å². The summed E-state index contributed by atoms with van der Waals surface area (Å²) < 4.78 is 72.6. The summed E-state index contributed by atoms with van der Waals surface area (Å²) in [5, 5.41) is 0. The molecular formula is C29H44O11S. The molecule has 2 aromatic rings. The number of hydrogen-bond donors (Lipinski definition) is 0. The Morgan fingerprint density at radius 3 is 1.24 bits per heavy atom. The molecule has 0 spiro atoms. The highest BCUT2D eigenvalue weighted by Gasteiger charge is 2.14. The monoisotopic (exact) mass is 600 g/mol. The first-order valence-corrected chi connectivity index (χ1v) is 15.2. The first kappa shape index (κ1) is 35.1. The molecule has 0 heterocycles. The van der Waals surface area contributed by atoms with Crippen LogP contribution in [-0.4, -0.2) is 114 Å². The molecule has 0 unspecified atom stereocenters. The highest BCUT2D eigenvalue weighted by molar-refractivity contribution is 7.86. The second-order valence-corrected chi connectivity index (χ2v) is 10.2. The maximum atomic E-state index is 12.1. The summed E-state index contributed by atoms with van der Waals surface area (Å²) in [5.41, 5.74) is 0.977. The highest BCUT2D eigenvalue weighted by atomic mass is 32.2. The van der Waals surface area contributed by atoms with Gasteiger partial charge in [-0.15, -0.1) is 0 Å². The minimum absolute atomic E-state index is 0.0553. The molecule has 0 amide bonds. The first-order valence-electron chi connectivity index (χ1n) is 13.8. The molecule has 0 saturated heterocycles. The van der Waals surface area contributed by atoms with Gasteiger partial charge in [0, 0.05) is 0 Å². The normalized spacial score (nSPS) is 11.6. The number of ether oxygens (including phenoxy) is 8. The minimum atomic E-state index is -3.77. The van der Waals surface area contributed by atoms with Crippen LogP contribution in [0.4, 0.5) is 0 Å². The quantitative estimate of drug-likeness (QED) is 0.111. The van der Waals surface area contributed by atoms with E-state index in [1.165, 1.54) is 12.1 Å². The van der Waals surface area contributed by atoms with Crippen LogP contribution in [0, 0.1) is 6.92 Å². The third-order valence-electron chi connectivity index (χ3n) is 5.25. The number of para-hydroxylation sites is 1. The van der Waals surface area contributed by atoms with E-state index in [1.807, 2.05) is 37.3 Å². The Morgan fingerprint density at radius 2 is 0.829 bits per heavy atom. The highest BCUT2D eigenvalue weighted by Crippen LogP contribution is 2.13. The van der Waals surface area contributed by atoms with Gasteiger partial charge in [-0.2, -0.15) is 8.42 Å². The molecule has 41 heavy (non-hydrogen) atoms. The number of aryl methyl sites for hydroxylation is 1. The van der Waals surface area contributed by atoms with E-state index in [1.54, 1.807) is 12.1 Å². The summed E-state index contributed by atoms with van der Waals surface area (Å²) in [6, 6.07) is 16.1. The molecule has 11 nitrogen and oxygen atoms in total. The van der Waals surface area contributed by atoms with Crippen molar-refractivity contribution >= 4 is 10.1 Å². The fourth-order valence-electron chi connectivity index (χ4n) is 3.13. The van der Waals surface area contributed by atoms with Gasteiger partial charge in [0.25, 0.3) is 10.1 Å². The van der Waals surface area contributed by atoms with Crippen molar-refractivity contribution in [3.8, 4) is 5.75 Å². The van der Waals surface area contributed by atoms with Crippen LogP contribution in [0.1, 0.15) is 5.56 Å². The smallest absolute Gasteiger partial charge is 0.297 e. The van der Waals surface area contributed by atoms with Gasteiger partial charge in [0.1, 0.15) is 12.4 Å². The van der Waals surface area contributed by atoms with E-state index in [4.69, 9.17) is 42.1 Å². The van der Waals surface area contributed by atoms with E-state index in [2.05, 4.69) is 0 Å². The topological polar surface area (TPSA) is 117 Å². The molecule has 0 aliphatic heterocycles. The molecule has 12 heteroatoms. The molecule has 0 aliphatic carbocycles. The van der Waals surface area contributed by atoms with E-state index >= 15 is 0 Å². The molecule has 0 radical (unpaired) electrons. The molecule has 0 aromatic heterocycles. The maximum Gasteiger partial charge on any atom is 0.297 e. The summed E-state index contributed by atoms with van der Waals surface area (Å²) in [6.07, 6.45) is 0. The Kier molecular flexibility index (Phi) is 20.0. The predicted molar refractivity (Wildman–Crippen MR) is 152 cm³/mol. The molecule has 232 valence electrons. The zero-order valence-corrected chi connectivity index (χ0v) is 24.7. The number of benzene rings is 2. The van der Waals surface area contributed by atoms with Crippen molar-refractivity contribution in [2.24, 2.45) is 0 Å². The lowest BCUT2D eigenvalue weighted by atomic mass is 10.2. The summed E-state index contributed by atoms with van der Waals surface area (Å²) in [4.78, 5) is 0.131. The van der Waals surface area contributed by atoms with Crippen molar-refractivity contribution in [2.75, 3.05) is 106 Å². The number of hydrogen-bond acceptors (Lipinski definition) is 11. The first-order chi connectivity index (χ1) is 20.1. The predicted octanol–water partition coefficient (Wildman–Crippen LogP) is 2.90. The second-order valence-electron chi connectivity index (χ2n) is 8.54. The van der Waals surface area contributed by atoms with Gasteiger partial charge >= 0.3 is 0 Å². The molecule has 2 rings (SSSR count). The van der Waals surface area contributed by atoms with Gasteiger partial charge in [0.2, 0.25) is 0 Å². The lowest BCUT2D eigenvalue weighted by Gasteiger charge is -2.09. The van der Waals surface area contributed by atoms with Crippen LogP contribution in [0.5, 0.6) is 5.75 Å². The largest absolute Gasteiger partial charge is 0.491 e. The molecular weight excluding hydrogens is 556 g/mol. The van der Waals surface area contributed by atoms with Crippen LogP contribution >= 0.6 is 0 Å². The zero-order valence-electron chi connectivity index (χ0n) is 23.9. The standard InChI is InChI=1S/C29H44O11S/c1-27-7-9-29(10-8-27)41(30,31)40-26-24-38-22-20-36-18-16-34-14-12-32-11-13-33-15-17-35-19-21-37-23-25-39-28-5-3-2-4-6-28/h2-10H,11-26H2,1H3. The fraction of sp³-hybridized carbons (Fsp3) is 0.586. The van der Waals surface area contributed by atoms with Crippen LogP contribution in [0.15, 0.2) is 59.5 Å². The van der Waals surface area contributed by atoms with E-state index in [9.17, 15) is 8.42 Å². The van der Waals surface area contributed by atoms with Gasteiger partial charge < -0.3 is 37.9 Å². The van der Waals surface area contributed by atoms with Crippen LogP contribution in [0.3, 0.4) is 0 Å². The Balaban J connectivity index is 1.22. The third-order valence-corrected chi connectivity index (χ3v) is 6.57. The van der Waals surface area contributed by atoms with Crippen LogP contribution < -0.4 is 4.74 Å². The van der Waals surface area contributed by atoms with Gasteiger partial charge in [-0.05, 0) is 31.2 Å². The third kappa shape index (κ3) is 18.8. The van der Waals surface area contributed by atoms with Gasteiger partial charge in [-0.25, -0.2) is 0 Å².